The summed E-state index contributed by atoms with van der Waals surface area (Å²) in [4.78, 5) is 27.5. The van der Waals surface area contributed by atoms with Crippen LogP contribution in [0.4, 0.5) is 10.1 Å². The van der Waals surface area contributed by atoms with Crippen LogP contribution < -0.4 is 9.62 Å². The van der Waals surface area contributed by atoms with Crippen molar-refractivity contribution in [3.05, 3.63) is 64.4 Å². The van der Waals surface area contributed by atoms with Crippen LogP contribution in [0.15, 0.2) is 53.0 Å². The second kappa shape index (κ2) is 13.0. The normalized spacial score (nSPS) is 12.3. The summed E-state index contributed by atoms with van der Waals surface area (Å²) < 4.78 is 40.7. The van der Waals surface area contributed by atoms with Crippen molar-refractivity contribution < 1.29 is 22.4 Å². The van der Waals surface area contributed by atoms with Gasteiger partial charge >= 0.3 is 0 Å². The molecule has 0 aliphatic heterocycles. The third-order valence-electron chi connectivity index (χ3n) is 5.37. The van der Waals surface area contributed by atoms with Crippen LogP contribution in [0, 0.1) is 11.7 Å². The van der Waals surface area contributed by atoms with Crippen LogP contribution in [0.3, 0.4) is 0 Å². The second-order valence-corrected chi connectivity index (χ2v) is 11.7. The molecule has 0 fully saturated rings. The van der Waals surface area contributed by atoms with Crippen molar-refractivity contribution in [1.29, 1.82) is 0 Å². The molecule has 0 aromatic heterocycles. The summed E-state index contributed by atoms with van der Waals surface area (Å²) >= 11 is 3.42. The first-order chi connectivity index (χ1) is 16.4. The molecular weight excluding hydrogens is 537 g/mol. The smallest absolute Gasteiger partial charge is 0.242 e. The zero-order valence-corrected chi connectivity index (χ0v) is 22.9. The van der Waals surface area contributed by atoms with Crippen LogP contribution in [0.1, 0.15) is 39.2 Å². The summed E-state index contributed by atoms with van der Waals surface area (Å²) in [5.74, 6) is -0.943. The number of anilines is 1. The summed E-state index contributed by atoms with van der Waals surface area (Å²) in [5.41, 5.74) is 0.787. The SMILES string of the molecule is CC(C)CNC(=O)C(C)N(Cc1cccc(Br)c1)C(=O)CCCN(c1ccccc1F)S(C)(=O)=O. The van der Waals surface area contributed by atoms with E-state index in [1.807, 2.05) is 38.1 Å². The molecule has 2 amide bonds. The van der Waals surface area contributed by atoms with Gasteiger partial charge in [-0.15, -0.1) is 0 Å². The molecule has 192 valence electrons. The fourth-order valence-electron chi connectivity index (χ4n) is 3.50. The van der Waals surface area contributed by atoms with E-state index in [2.05, 4.69) is 21.2 Å². The maximum absolute atomic E-state index is 14.3. The highest BCUT2D eigenvalue weighted by Gasteiger charge is 2.27. The number of carbonyl (C=O) groups is 2. The topological polar surface area (TPSA) is 86.8 Å². The minimum Gasteiger partial charge on any atom is -0.354 e. The Morgan fingerprint density at radius 2 is 1.77 bits per heavy atom. The number of halogens is 2. The van der Waals surface area contributed by atoms with E-state index in [1.54, 1.807) is 13.0 Å². The van der Waals surface area contributed by atoms with E-state index in [0.29, 0.717) is 6.54 Å². The highest BCUT2D eigenvalue weighted by Crippen LogP contribution is 2.22. The van der Waals surface area contributed by atoms with Gasteiger partial charge in [0.15, 0.2) is 0 Å². The highest BCUT2D eigenvalue weighted by molar-refractivity contribution is 9.10. The third-order valence-corrected chi connectivity index (χ3v) is 7.04. The van der Waals surface area contributed by atoms with Gasteiger partial charge < -0.3 is 10.2 Å². The largest absolute Gasteiger partial charge is 0.354 e. The van der Waals surface area contributed by atoms with Crippen molar-refractivity contribution in [3.8, 4) is 0 Å². The molecule has 0 heterocycles. The molecule has 1 N–H and O–H groups in total. The number of hydrogen-bond acceptors (Lipinski definition) is 4. The quantitative estimate of drug-likeness (QED) is 0.412. The van der Waals surface area contributed by atoms with Crippen LogP contribution in [-0.4, -0.2) is 50.5 Å². The fraction of sp³-hybridized carbons (Fsp3) is 0.440. The lowest BCUT2D eigenvalue weighted by Crippen LogP contribution is -2.48. The molecule has 0 bridgehead atoms. The second-order valence-electron chi connectivity index (χ2n) is 8.86. The van der Waals surface area contributed by atoms with Crippen LogP contribution in [0.25, 0.3) is 0 Å². The van der Waals surface area contributed by atoms with Crippen LogP contribution in [-0.2, 0) is 26.2 Å². The molecule has 0 radical (unpaired) electrons. The van der Waals surface area contributed by atoms with Crippen molar-refractivity contribution in [2.45, 2.75) is 46.2 Å². The van der Waals surface area contributed by atoms with Crippen molar-refractivity contribution in [2.75, 3.05) is 23.7 Å². The summed E-state index contributed by atoms with van der Waals surface area (Å²) in [6.45, 7) is 6.29. The average molecular weight is 571 g/mol. The zero-order valence-electron chi connectivity index (χ0n) is 20.5. The van der Waals surface area contributed by atoms with Gasteiger partial charge in [-0.25, -0.2) is 12.8 Å². The molecule has 10 heteroatoms. The average Bonchev–Trinajstić information content (AvgIpc) is 2.78. The first-order valence-electron chi connectivity index (χ1n) is 11.4. The molecular formula is C25H33BrFN3O4S. The van der Waals surface area contributed by atoms with Crippen LogP contribution in [0.2, 0.25) is 0 Å². The molecule has 1 unspecified atom stereocenters. The van der Waals surface area contributed by atoms with Gasteiger partial charge in [-0.3, -0.25) is 13.9 Å². The van der Waals surface area contributed by atoms with Gasteiger partial charge in [-0.05, 0) is 49.1 Å². The van der Waals surface area contributed by atoms with Crippen molar-refractivity contribution >= 4 is 43.5 Å². The molecule has 7 nitrogen and oxygen atoms in total. The van der Waals surface area contributed by atoms with Crippen molar-refractivity contribution in [1.82, 2.24) is 10.2 Å². The predicted molar refractivity (Wildman–Crippen MR) is 140 cm³/mol. The Hall–Kier alpha value is -2.46. The molecule has 0 aliphatic carbocycles. The number of benzene rings is 2. The number of sulfonamides is 1. The minimum atomic E-state index is -3.76. The molecule has 1 atom stereocenters. The monoisotopic (exact) mass is 569 g/mol. The molecule has 2 rings (SSSR count). The van der Waals surface area contributed by atoms with Crippen LogP contribution in [0.5, 0.6) is 0 Å². The van der Waals surface area contributed by atoms with E-state index >= 15 is 0 Å². The Morgan fingerprint density at radius 1 is 1.09 bits per heavy atom. The van der Waals surface area contributed by atoms with Gasteiger partial charge in [0.05, 0.1) is 11.9 Å². The van der Waals surface area contributed by atoms with Gasteiger partial charge in [0, 0.05) is 30.5 Å². The first-order valence-corrected chi connectivity index (χ1v) is 14.1. The molecule has 0 saturated carbocycles. The fourth-order valence-corrected chi connectivity index (χ4v) is 4.92. The molecule has 2 aromatic rings. The van der Waals surface area contributed by atoms with Gasteiger partial charge in [-0.2, -0.15) is 0 Å². The standard InChI is InChI=1S/C25H33BrFN3O4S/c1-18(2)16-28-25(32)19(3)29(17-20-9-7-10-21(26)15-20)24(31)13-8-14-30(35(4,33)34)23-12-6-5-11-22(23)27/h5-7,9-12,15,18-19H,8,13-14,16-17H2,1-4H3,(H,28,32). The number of rotatable bonds is 12. The van der Waals surface area contributed by atoms with Gasteiger partial charge in [0.25, 0.3) is 0 Å². The van der Waals surface area contributed by atoms with E-state index in [4.69, 9.17) is 0 Å². The lowest BCUT2D eigenvalue weighted by atomic mass is 10.1. The summed E-state index contributed by atoms with van der Waals surface area (Å²) in [6.07, 6.45) is 1.16. The van der Waals surface area contributed by atoms with Crippen molar-refractivity contribution in [2.24, 2.45) is 5.92 Å². The maximum Gasteiger partial charge on any atom is 0.242 e. The highest BCUT2D eigenvalue weighted by atomic mass is 79.9. The summed E-state index contributed by atoms with van der Waals surface area (Å²) in [6, 6.07) is 12.4. The van der Waals surface area contributed by atoms with Crippen molar-refractivity contribution in [3.63, 3.8) is 0 Å². The Labute approximate surface area is 215 Å². The predicted octanol–water partition coefficient (Wildman–Crippen LogP) is 4.32. The molecule has 0 aliphatic rings. The van der Waals surface area contributed by atoms with E-state index in [0.717, 1.165) is 20.6 Å². The number of nitrogens with one attached hydrogen (secondary N) is 1. The summed E-state index contributed by atoms with van der Waals surface area (Å²) in [7, 11) is -3.76. The Bertz CT molecular complexity index is 1130. The van der Waals surface area contributed by atoms with E-state index in [1.165, 1.54) is 23.1 Å². The molecule has 0 spiro atoms. The van der Waals surface area contributed by atoms with Crippen LogP contribution >= 0.6 is 15.9 Å². The number of amides is 2. The minimum absolute atomic E-state index is 0.00369. The first kappa shape index (κ1) is 28.8. The Kier molecular flexibility index (Phi) is 10.7. The van der Waals surface area contributed by atoms with Gasteiger partial charge in [-0.1, -0.05) is 54.0 Å². The lowest BCUT2D eigenvalue weighted by molar-refractivity contribution is -0.140. The van der Waals surface area contributed by atoms with E-state index in [-0.39, 0.29) is 49.4 Å². The molecule has 2 aromatic carbocycles. The zero-order chi connectivity index (χ0) is 26.2. The Balaban J connectivity index is 2.17. The molecule has 0 saturated heterocycles. The number of nitrogens with zero attached hydrogens (tertiary/aromatic N) is 2. The summed E-state index contributed by atoms with van der Waals surface area (Å²) in [5, 5.41) is 2.87. The number of hydrogen-bond donors (Lipinski definition) is 1. The third kappa shape index (κ3) is 8.92. The maximum atomic E-state index is 14.3. The van der Waals surface area contributed by atoms with Gasteiger partial charge in [0.2, 0.25) is 21.8 Å². The Morgan fingerprint density at radius 3 is 2.37 bits per heavy atom. The number of para-hydroxylation sites is 1. The van der Waals surface area contributed by atoms with E-state index in [9.17, 15) is 22.4 Å². The van der Waals surface area contributed by atoms with E-state index < -0.39 is 21.9 Å². The van der Waals surface area contributed by atoms with Gasteiger partial charge in [0.1, 0.15) is 11.9 Å². The molecule has 35 heavy (non-hydrogen) atoms. The lowest BCUT2D eigenvalue weighted by Gasteiger charge is -2.29. The number of carbonyl (C=O) groups excluding carboxylic acids is 2.